The number of carbonyl (C=O) groups is 1. The molecule has 0 aliphatic carbocycles. The van der Waals surface area contributed by atoms with Crippen molar-refractivity contribution in [2.75, 3.05) is 26.2 Å². The van der Waals surface area contributed by atoms with Crippen LogP contribution in [0.3, 0.4) is 0 Å². The Hall–Kier alpha value is -2.37. The van der Waals surface area contributed by atoms with Crippen LogP contribution in [-0.2, 0) is 6.54 Å². The second-order valence-electron chi connectivity index (χ2n) is 6.49. The van der Waals surface area contributed by atoms with Gasteiger partial charge in [0.15, 0.2) is 0 Å². The number of nitrogens with zero attached hydrogens (tertiary/aromatic N) is 3. The van der Waals surface area contributed by atoms with Crippen LogP contribution in [0.15, 0.2) is 48.7 Å². The van der Waals surface area contributed by atoms with Crippen molar-refractivity contribution in [2.45, 2.75) is 20.4 Å². The van der Waals surface area contributed by atoms with E-state index < -0.39 is 0 Å². The molecule has 1 N–H and O–H groups in total. The van der Waals surface area contributed by atoms with Crippen LogP contribution < -0.4 is 5.32 Å². The highest BCUT2D eigenvalue weighted by molar-refractivity contribution is 6.30. The largest absolute Gasteiger partial charge is 0.351 e. The standard InChI is InChI=1S/C21H25ClN4O/c1-3-25(4-2)11-10-23-21(27)17-8-9-18-14-24-26(20(18)13-17)15-16-6-5-7-19(22)12-16/h5-9,12-14H,3-4,10-11,15H2,1-2H3,(H,23,27). The number of rotatable bonds is 8. The lowest BCUT2D eigenvalue weighted by Gasteiger charge is -2.18. The van der Waals surface area contributed by atoms with E-state index >= 15 is 0 Å². The van der Waals surface area contributed by atoms with E-state index in [0.29, 0.717) is 23.7 Å². The third-order valence-electron chi connectivity index (χ3n) is 4.74. The number of carbonyl (C=O) groups excluding carboxylic acids is 1. The second-order valence-corrected chi connectivity index (χ2v) is 6.92. The number of hydrogen-bond donors (Lipinski definition) is 1. The smallest absolute Gasteiger partial charge is 0.251 e. The Kier molecular flexibility index (Phi) is 6.48. The Morgan fingerprint density at radius 1 is 1.19 bits per heavy atom. The molecule has 3 aromatic rings. The molecule has 0 bridgehead atoms. The third-order valence-corrected chi connectivity index (χ3v) is 4.97. The van der Waals surface area contributed by atoms with Crippen molar-refractivity contribution in [2.24, 2.45) is 0 Å². The van der Waals surface area contributed by atoms with E-state index in [1.165, 1.54) is 0 Å². The number of fused-ring (bicyclic) bond motifs is 1. The van der Waals surface area contributed by atoms with Crippen LogP contribution in [0.2, 0.25) is 5.02 Å². The number of aromatic nitrogens is 2. The predicted octanol–water partition coefficient (Wildman–Crippen LogP) is 3.81. The number of likely N-dealkylation sites (N-methyl/N-ethyl adjacent to an activating group) is 1. The van der Waals surface area contributed by atoms with Crippen molar-refractivity contribution in [3.8, 4) is 0 Å². The Balaban J connectivity index is 1.73. The van der Waals surface area contributed by atoms with Gasteiger partial charge in [0.2, 0.25) is 0 Å². The van der Waals surface area contributed by atoms with Gasteiger partial charge in [0, 0.05) is 29.1 Å². The molecule has 0 radical (unpaired) electrons. The maximum Gasteiger partial charge on any atom is 0.251 e. The van der Waals surface area contributed by atoms with E-state index in [2.05, 4.69) is 29.2 Å². The molecule has 1 heterocycles. The number of benzene rings is 2. The van der Waals surface area contributed by atoms with E-state index in [9.17, 15) is 4.79 Å². The van der Waals surface area contributed by atoms with Gasteiger partial charge in [-0.15, -0.1) is 0 Å². The predicted molar refractivity (Wildman–Crippen MR) is 110 cm³/mol. The first-order valence-corrected chi connectivity index (χ1v) is 9.69. The van der Waals surface area contributed by atoms with E-state index in [1.807, 2.05) is 53.3 Å². The molecule has 0 atom stereocenters. The van der Waals surface area contributed by atoms with Crippen molar-refractivity contribution in [3.63, 3.8) is 0 Å². The van der Waals surface area contributed by atoms with E-state index in [1.54, 1.807) is 0 Å². The molecule has 0 fully saturated rings. The molecule has 0 saturated heterocycles. The molecule has 142 valence electrons. The maximum absolute atomic E-state index is 12.5. The summed E-state index contributed by atoms with van der Waals surface area (Å²) >= 11 is 6.08. The van der Waals surface area contributed by atoms with Crippen LogP contribution in [0.4, 0.5) is 0 Å². The lowest BCUT2D eigenvalue weighted by molar-refractivity contribution is 0.0949. The van der Waals surface area contributed by atoms with E-state index in [-0.39, 0.29) is 5.91 Å². The Labute approximate surface area is 164 Å². The van der Waals surface area contributed by atoms with Crippen molar-refractivity contribution in [1.29, 1.82) is 0 Å². The summed E-state index contributed by atoms with van der Waals surface area (Å²) in [6.45, 7) is 8.33. The molecule has 1 aromatic heterocycles. The highest BCUT2D eigenvalue weighted by Gasteiger charge is 2.10. The molecule has 1 amide bonds. The summed E-state index contributed by atoms with van der Waals surface area (Å²) in [5.41, 5.74) is 2.66. The molecule has 0 aliphatic heterocycles. The average Bonchev–Trinajstić information content (AvgIpc) is 3.07. The summed E-state index contributed by atoms with van der Waals surface area (Å²) in [4.78, 5) is 14.8. The molecule has 3 rings (SSSR count). The Morgan fingerprint density at radius 3 is 2.74 bits per heavy atom. The first-order chi connectivity index (χ1) is 13.1. The fourth-order valence-corrected chi connectivity index (χ4v) is 3.33. The van der Waals surface area contributed by atoms with Gasteiger partial charge in [-0.05, 0) is 42.9 Å². The Morgan fingerprint density at radius 2 is 2.00 bits per heavy atom. The van der Waals surface area contributed by atoms with Crippen LogP contribution in [-0.4, -0.2) is 46.8 Å². The normalized spacial score (nSPS) is 11.3. The highest BCUT2D eigenvalue weighted by atomic mass is 35.5. The van der Waals surface area contributed by atoms with Crippen LogP contribution in [0.1, 0.15) is 29.8 Å². The van der Waals surface area contributed by atoms with Crippen molar-refractivity contribution >= 4 is 28.4 Å². The molecule has 6 heteroatoms. The molecular formula is C21H25ClN4O. The SMILES string of the molecule is CCN(CC)CCNC(=O)c1ccc2cnn(Cc3cccc(Cl)c3)c2c1. The maximum atomic E-state index is 12.5. The monoisotopic (exact) mass is 384 g/mol. The summed E-state index contributed by atoms with van der Waals surface area (Å²) in [5.74, 6) is -0.0560. The summed E-state index contributed by atoms with van der Waals surface area (Å²) in [5, 5.41) is 9.18. The number of hydrogen-bond acceptors (Lipinski definition) is 3. The molecular weight excluding hydrogens is 360 g/mol. The zero-order chi connectivity index (χ0) is 19.2. The fourth-order valence-electron chi connectivity index (χ4n) is 3.12. The van der Waals surface area contributed by atoms with Gasteiger partial charge >= 0.3 is 0 Å². The first kappa shape index (κ1) is 19.4. The van der Waals surface area contributed by atoms with Crippen molar-refractivity contribution in [3.05, 3.63) is 64.8 Å². The van der Waals surface area contributed by atoms with Gasteiger partial charge in [-0.2, -0.15) is 5.10 Å². The average molecular weight is 385 g/mol. The number of halogens is 1. The molecule has 2 aromatic carbocycles. The molecule has 0 unspecified atom stereocenters. The summed E-state index contributed by atoms with van der Waals surface area (Å²) < 4.78 is 1.90. The number of nitrogens with one attached hydrogen (secondary N) is 1. The molecule has 0 aliphatic rings. The highest BCUT2D eigenvalue weighted by Crippen LogP contribution is 2.18. The van der Waals surface area contributed by atoms with Gasteiger partial charge < -0.3 is 10.2 Å². The van der Waals surface area contributed by atoms with E-state index in [4.69, 9.17) is 11.6 Å². The third kappa shape index (κ3) is 4.87. The van der Waals surface area contributed by atoms with E-state index in [0.717, 1.165) is 36.1 Å². The van der Waals surface area contributed by atoms with Crippen LogP contribution >= 0.6 is 11.6 Å². The zero-order valence-corrected chi connectivity index (χ0v) is 16.5. The van der Waals surface area contributed by atoms with Crippen LogP contribution in [0.5, 0.6) is 0 Å². The van der Waals surface area contributed by atoms with Gasteiger partial charge in [-0.3, -0.25) is 9.48 Å². The molecule has 5 nitrogen and oxygen atoms in total. The number of amides is 1. The van der Waals surface area contributed by atoms with Gasteiger partial charge in [-0.25, -0.2) is 0 Å². The fraction of sp³-hybridized carbons (Fsp3) is 0.333. The molecule has 0 spiro atoms. The van der Waals surface area contributed by atoms with Crippen molar-refractivity contribution < 1.29 is 4.79 Å². The minimum atomic E-state index is -0.0560. The lowest BCUT2D eigenvalue weighted by Crippen LogP contribution is -2.34. The summed E-state index contributed by atoms with van der Waals surface area (Å²) in [6.07, 6.45) is 1.82. The van der Waals surface area contributed by atoms with Crippen molar-refractivity contribution in [1.82, 2.24) is 20.0 Å². The van der Waals surface area contributed by atoms with Gasteiger partial charge in [0.05, 0.1) is 18.3 Å². The molecule has 0 saturated carbocycles. The summed E-state index contributed by atoms with van der Waals surface area (Å²) in [6, 6.07) is 13.4. The van der Waals surface area contributed by atoms with Gasteiger partial charge in [0.1, 0.15) is 0 Å². The Bertz CT molecular complexity index is 917. The topological polar surface area (TPSA) is 50.2 Å². The second kappa shape index (κ2) is 9.02. The summed E-state index contributed by atoms with van der Waals surface area (Å²) in [7, 11) is 0. The van der Waals surface area contributed by atoms with Crippen LogP contribution in [0.25, 0.3) is 10.9 Å². The van der Waals surface area contributed by atoms with Gasteiger partial charge in [0.25, 0.3) is 5.91 Å². The zero-order valence-electron chi connectivity index (χ0n) is 15.8. The minimum Gasteiger partial charge on any atom is -0.351 e. The van der Waals surface area contributed by atoms with Gasteiger partial charge in [-0.1, -0.05) is 43.6 Å². The minimum absolute atomic E-state index is 0.0560. The molecule has 27 heavy (non-hydrogen) atoms. The quantitative estimate of drug-likeness (QED) is 0.642. The lowest BCUT2D eigenvalue weighted by atomic mass is 10.1. The van der Waals surface area contributed by atoms with Crippen LogP contribution in [0, 0.1) is 0 Å². The first-order valence-electron chi connectivity index (χ1n) is 9.31.